The van der Waals surface area contributed by atoms with Crippen LogP contribution in [0, 0.1) is 5.82 Å². The molecule has 0 amide bonds. The first kappa shape index (κ1) is 20.0. The Morgan fingerprint density at radius 1 is 1.20 bits per heavy atom. The number of ether oxygens (including phenoxy) is 1. The fourth-order valence-electron chi connectivity index (χ4n) is 2.33. The standard InChI is InChI=1S/C17H18Cl2FNO3S/c1-11(14-9-12(18)3-6-17(14)25(2,22)23)21-7-8-24-16-10-13(20)4-5-15(16)19/h3-6,9-11,21H,7-8H2,1-2H3. The van der Waals surface area contributed by atoms with Gasteiger partial charge in [-0.3, -0.25) is 0 Å². The normalized spacial score (nSPS) is 12.8. The molecule has 0 aliphatic carbocycles. The van der Waals surface area contributed by atoms with E-state index in [2.05, 4.69) is 5.32 Å². The van der Waals surface area contributed by atoms with Crippen LogP contribution in [0.15, 0.2) is 41.3 Å². The van der Waals surface area contributed by atoms with Crippen molar-refractivity contribution in [2.24, 2.45) is 0 Å². The molecule has 1 unspecified atom stereocenters. The molecule has 0 heterocycles. The van der Waals surface area contributed by atoms with Gasteiger partial charge in [-0.15, -0.1) is 0 Å². The molecule has 0 saturated carbocycles. The molecule has 0 fully saturated rings. The average molecular weight is 406 g/mol. The minimum atomic E-state index is -3.37. The first-order valence-electron chi connectivity index (χ1n) is 7.49. The summed E-state index contributed by atoms with van der Waals surface area (Å²) >= 11 is 11.9. The number of hydrogen-bond acceptors (Lipinski definition) is 4. The predicted molar refractivity (Wildman–Crippen MR) is 97.9 cm³/mol. The molecule has 2 aromatic rings. The second kappa shape index (κ2) is 8.36. The lowest BCUT2D eigenvalue weighted by Crippen LogP contribution is -2.25. The fourth-order valence-corrected chi connectivity index (χ4v) is 3.66. The first-order chi connectivity index (χ1) is 11.7. The molecule has 1 atom stereocenters. The number of rotatable bonds is 7. The summed E-state index contributed by atoms with van der Waals surface area (Å²) < 4.78 is 42.4. The van der Waals surface area contributed by atoms with Crippen molar-refractivity contribution in [2.75, 3.05) is 19.4 Å². The molecule has 0 aliphatic rings. The van der Waals surface area contributed by atoms with E-state index in [-0.39, 0.29) is 23.3 Å². The lowest BCUT2D eigenvalue weighted by molar-refractivity contribution is 0.306. The van der Waals surface area contributed by atoms with Crippen molar-refractivity contribution in [3.8, 4) is 5.75 Å². The van der Waals surface area contributed by atoms with Crippen molar-refractivity contribution in [1.82, 2.24) is 5.32 Å². The van der Waals surface area contributed by atoms with Gasteiger partial charge in [-0.25, -0.2) is 12.8 Å². The highest BCUT2D eigenvalue weighted by atomic mass is 35.5. The molecule has 0 aromatic heterocycles. The second-order valence-corrected chi connectivity index (χ2v) is 8.38. The Labute approximate surface area is 156 Å². The third-order valence-electron chi connectivity index (χ3n) is 3.54. The van der Waals surface area contributed by atoms with Crippen molar-refractivity contribution >= 4 is 33.0 Å². The summed E-state index contributed by atoms with van der Waals surface area (Å²) in [6.07, 6.45) is 1.15. The topological polar surface area (TPSA) is 55.4 Å². The van der Waals surface area contributed by atoms with E-state index < -0.39 is 15.7 Å². The van der Waals surface area contributed by atoms with Crippen LogP contribution in [-0.2, 0) is 9.84 Å². The largest absolute Gasteiger partial charge is 0.491 e. The number of benzene rings is 2. The van der Waals surface area contributed by atoms with Crippen molar-refractivity contribution in [2.45, 2.75) is 17.9 Å². The minimum Gasteiger partial charge on any atom is -0.491 e. The van der Waals surface area contributed by atoms with Crippen molar-refractivity contribution < 1.29 is 17.5 Å². The summed E-state index contributed by atoms with van der Waals surface area (Å²) in [5, 5.41) is 3.94. The van der Waals surface area contributed by atoms with Crippen molar-refractivity contribution in [1.29, 1.82) is 0 Å². The van der Waals surface area contributed by atoms with Gasteiger partial charge in [0.1, 0.15) is 18.2 Å². The van der Waals surface area contributed by atoms with Gasteiger partial charge in [0, 0.05) is 29.9 Å². The Bertz CT molecular complexity index is 859. The number of halogens is 3. The summed E-state index contributed by atoms with van der Waals surface area (Å²) in [6.45, 7) is 2.47. The first-order valence-corrected chi connectivity index (χ1v) is 10.1. The zero-order chi connectivity index (χ0) is 18.6. The Balaban J connectivity index is 2.00. The van der Waals surface area contributed by atoms with Gasteiger partial charge in [0.25, 0.3) is 0 Å². The van der Waals surface area contributed by atoms with Gasteiger partial charge in [0.05, 0.1) is 9.92 Å². The van der Waals surface area contributed by atoms with Crippen LogP contribution in [0.2, 0.25) is 10.0 Å². The molecule has 8 heteroatoms. The molecule has 0 saturated heterocycles. The molecule has 0 spiro atoms. The minimum absolute atomic E-state index is 0.228. The van der Waals surface area contributed by atoms with E-state index in [1.54, 1.807) is 12.1 Å². The maximum Gasteiger partial charge on any atom is 0.175 e. The van der Waals surface area contributed by atoms with Crippen LogP contribution in [0.4, 0.5) is 4.39 Å². The van der Waals surface area contributed by atoms with E-state index in [4.69, 9.17) is 27.9 Å². The van der Waals surface area contributed by atoms with E-state index in [0.29, 0.717) is 22.2 Å². The molecular weight excluding hydrogens is 388 g/mol. The second-order valence-electron chi connectivity index (χ2n) is 5.55. The molecule has 136 valence electrons. The highest BCUT2D eigenvalue weighted by Crippen LogP contribution is 2.26. The third-order valence-corrected chi connectivity index (χ3v) is 5.26. The monoisotopic (exact) mass is 405 g/mol. The maximum atomic E-state index is 13.2. The number of hydrogen-bond donors (Lipinski definition) is 1. The lowest BCUT2D eigenvalue weighted by atomic mass is 10.1. The van der Waals surface area contributed by atoms with E-state index in [1.807, 2.05) is 6.92 Å². The molecule has 0 bridgehead atoms. The Morgan fingerprint density at radius 3 is 2.60 bits per heavy atom. The maximum absolute atomic E-state index is 13.2. The fraction of sp³-hybridized carbons (Fsp3) is 0.294. The van der Waals surface area contributed by atoms with Gasteiger partial charge in [-0.05, 0) is 42.8 Å². The predicted octanol–water partition coefficient (Wildman–Crippen LogP) is 4.27. The molecule has 1 N–H and O–H groups in total. The SMILES string of the molecule is CC(NCCOc1cc(F)ccc1Cl)c1cc(Cl)ccc1S(C)(=O)=O. The molecule has 25 heavy (non-hydrogen) atoms. The highest BCUT2D eigenvalue weighted by Gasteiger charge is 2.18. The van der Waals surface area contributed by atoms with Gasteiger partial charge in [-0.1, -0.05) is 23.2 Å². The van der Waals surface area contributed by atoms with Crippen LogP contribution >= 0.6 is 23.2 Å². The van der Waals surface area contributed by atoms with Gasteiger partial charge < -0.3 is 10.1 Å². The summed E-state index contributed by atoms with van der Waals surface area (Å²) in [5.74, 6) is -0.173. The summed E-state index contributed by atoms with van der Waals surface area (Å²) in [7, 11) is -3.37. The molecule has 2 aromatic carbocycles. The van der Waals surface area contributed by atoms with Crippen LogP contribution in [0.3, 0.4) is 0 Å². The molecule has 4 nitrogen and oxygen atoms in total. The van der Waals surface area contributed by atoms with Crippen LogP contribution < -0.4 is 10.1 Å². The summed E-state index contributed by atoms with van der Waals surface area (Å²) in [6, 6.07) is 8.28. The smallest absolute Gasteiger partial charge is 0.175 e. The van der Waals surface area contributed by atoms with Crippen molar-refractivity contribution in [3.63, 3.8) is 0 Å². The summed E-state index contributed by atoms with van der Waals surface area (Å²) in [4.78, 5) is 0.228. The third kappa shape index (κ3) is 5.57. The highest BCUT2D eigenvalue weighted by molar-refractivity contribution is 7.90. The zero-order valence-corrected chi connectivity index (χ0v) is 16.1. The van der Waals surface area contributed by atoms with E-state index in [0.717, 1.165) is 6.26 Å². The Kier molecular flexibility index (Phi) is 6.68. The van der Waals surface area contributed by atoms with E-state index in [1.165, 1.54) is 24.3 Å². The van der Waals surface area contributed by atoms with Gasteiger partial charge in [0.15, 0.2) is 9.84 Å². The van der Waals surface area contributed by atoms with E-state index >= 15 is 0 Å². The quantitative estimate of drug-likeness (QED) is 0.698. The summed E-state index contributed by atoms with van der Waals surface area (Å²) in [5.41, 5.74) is 0.582. The van der Waals surface area contributed by atoms with Crippen molar-refractivity contribution in [3.05, 3.63) is 57.8 Å². The Hall–Kier alpha value is -1.34. The van der Waals surface area contributed by atoms with Crippen LogP contribution in [0.25, 0.3) is 0 Å². The van der Waals surface area contributed by atoms with Gasteiger partial charge in [0.2, 0.25) is 0 Å². The van der Waals surface area contributed by atoms with Crippen LogP contribution in [0.1, 0.15) is 18.5 Å². The average Bonchev–Trinajstić information content (AvgIpc) is 2.53. The number of nitrogens with one attached hydrogen (secondary N) is 1. The lowest BCUT2D eigenvalue weighted by Gasteiger charge is -2.18. The van der Waals surface area contributed by atoms with Gasteiger partial charge >= 0.3 is 0 Å². The molecular formula is C17H18Cl2FNO3S. The van der Waals surface area contributed by atoms with Gasteiger partial charge in [-0.2, -0.15) is 0 Å². The zero-order valence-electron chi connectivity index (χ0n) is 13.7. The number of sulfone groups is 1. The molecule has 2 rings (SSSR count). The molecule has 0 aliphatic heterocycles. The van der Waals surface area contributed by atoms with Crippen LogP contribution in [-0.4, -0.2) is 27.8 Å². The Morgan fingerprint density at radius 2 is 1.92 bits per heavy atom. The molecule has 0 radical (unpaired) electrons. The van der Waals surface area contributed by atoms with E-state index in [9.17, 15) is 12.8 Å². The van der Waals surface area contributed by atoms with Crippen LogP contribution in [0.5, 0.6) is 5.75 Å².